The van der Waals surface area contributed by atoms with Gasteiger partial charge in [0.25, 0.3) is 0 Å². The summed E-state index contributed by atoms with van der Waals surface area (Å²) < 4.78 is 0. The Morgan fingerprint density at radius 1 is 1.50 bits per heavy atom. The molecule has 0 saturated carbocycles. The van der Waals surface area contributed by atoms with E-state index in [1.807, 2.05) is 0 Å². The van der Waals surface area contributed by atoms with Gasteiger partial charge in [-0.1, -0.05) is 6.92 Å². The Labute approximate surface area is 63.9 Å². The molecule has 2 unspecified atom stereocenters. The molecule has 0 aromatic rings. The first kappa shape index (κ1) is 9.63. The normalized spacial score (nSPS) is 16.9. The lowest BCUT2D eigenvalue weighted by Crippen LogP contribution is -2.34. The van der Waals surface area contributed by atoms with Crippen LogP contribution >= 0.6 is 0 Å². The number of likely N-dealkylation sites (N-methyl/N-ethyl adjacent to an activating group) is 1. The van der Waals surface area contributed by atoms with Crippen LogP contribution in [0.4, 0.5) is 0 Å². The number of aliphatic imine (C=N–C) groups is 1. The van der Waals surface area contributed by atoms with Crippen molar-refractivity contribution in [2.45, 2.75) is 32.4 Å². The van der Waals surface area contributed by atoms with Crippen molar-refractivity contribution in [2.75, 3.05) is 14.1 Å². The van der Waals surface area contributed by atoms with Crippen LogP contribution in [0.3, 0.4) is 0 Å². The molecule has 0 N–H and O–H groups in total. The lowest BCUT2D eigenvalue weighted by Gasteiger charge is -2.24. The summed E-state index contributed by atoms with van der Waals surface area (Å²) in [5.74, 6) is 0. The molecule has 0 radical (unpaired) electrons. The molecule has 0 spiro atoms. The molecular weight excluding hydrogens is 124 g/mol. The maximum atomic E-state index is 4.04. The van der Waals surface area contributed by atoms with Crippen LogP contribution in [-0.2, 0) is 0 Å². The van der Waals surface area contributed by atoms with Crippen LogP contribution in [0.1, 0.15) is 20.3 Å². The van der Waals surface area contributed by atoms with E-state index in [1.165, 1.54) is 0 Å². The second-order valence-electron chi connectivity index (χ2n) is 2.86. The van der Waals surface area contributed by atoms with Gasteiger partial charge >= 0.3 is 0 Å². The van der Waals surface area contributed by atoms with E-state index in [-0.39, 0.29) is 0 Å². The van der Waals surface area contributed by atoms with E-state index in [0.717, 1.165) is 6.42 Å². The summed E-state index contributed by atoms with van der Waals surface area (Å²) in [5.41, 5.74) is 0. The SMILES string of the molecule is C=NC(CC)C(C)N(C)C. The van der Waals surface area contributed by atoms with E-state index in [2.05, 4.69) is 44.6 Å². The lowest BCUT2D eigenvalue weighted by molar-refractivity contribution is 0.270. The number of hydrogen-bond donors (Lipinski definition) is 0. The number of rotatable bonds is 4. The van der Waals surface area contributed by atoms with Crippen LogP contribution in [0.25, 0.3) is 0 Å². The summed E-state index contributed by atoms with van der Waals surface area (Å²) in [4.78, 5) is 6.21. The fraction of sp³-hybridized carbons (Fsp3) is 0.875. The van der Waals surface area contributed by atoms with Crippen LogP contribution in [0.15, 0.2) is 4.99 Å². The third kappa shape index (κ3) is 2.48. The first-order chi connectivity index (χ1) is 4.63. The lowest BCUT2D eigenvalue weighted by atomic mass is 10.1. The first-order valence-electron chi connectivity index (χ1n) is 3.75. The Hall–Kier alpha value is -0.370. The van der Waals surface area contributed by atoms with Crippen molar-refractivity contribution in [2.24, 2.45) is 4.99 Å². The van der Waals surface area contributed by atoms with Gasteiger partial charge in [-0.3, -0.25) is 4.99 Å². The largest absolute Gasteiger partial charge is 0.305 e. The van der Waals surface area contributed by atoms with E-state index in [9.17, 15) is 0 Å². The fourth-order valence-corrected chi connectivity index (χ4v) is 0.967. The molecule has 0 rings (SSSR count). The van der Waals surface area contributed by atoms with E-state index >= 15 is 0 Å². The Morgan fingerprint density at radius 3 is 2.10 bits per heavy atom. The Balaban J connectivity index is 3.87. The van der Waals surface area contributed by atoms with Crippen molar-refractivity contribution in [3.05, 3.63) is 0 Å². The maximum absolute atomic E-state index is 4.04. The highest BCUT2D eigenvalue weighted by Crippen LogP contribution is 2.06. The van der Waals surface area contributed by atoms with Gasteiger partial charge in [0.2, 0.25) is 0 Å². The van der Waals surface area contributed by atoms with Crippen molar-refractivity contribution < 1.29 is 0 Å². The highest BCUT2D eigenvalue weighted by Gasteiger charge is 2.13. The van der Waals surface area contributed by atoms with Crippen LogP contribution in [0.5, 0.6) is 0 Å². The molecule has 2 atom stereocenters. The zero-order chi connectivity index (χ0) is 8.15. The molecule has 2 heteroatoms. The van der Waals surface area contributed by atoms with Crippen LogP contribution in [-0.4, -0.2) is 37.8 Å². The van der Waals surface area contributed by atoms with Crippen LogP contribution in [0.2, 0.25) is 0 Å². The Morgan fingerprint density at radius 2 is 2.00 bits per heavy atom. The van der Waals surface area contributed by atoms with Gasteiger partial charge in [-0.2, -0.15) is 0 Å². The summed E-state index contributed by atoms with van der Waals surface area (Å²) in [7, 11) is 4.14. The van der Waals surface area contributed by atoms with Crippen molar-refractivity contribution in [3.63, 3.8) is 0 Å². The number of hydrogen-bond acceptors (Lipinski definition) is 2. The molecule has 0 heterocycles. The molecule has 60 valence electrons. The summed E-state index contributed by atoms with van der Waals surface area (Å²) in [6, 6.07) is 0.887. The predicted octanol–water partition coefficient (Wildman–Crippen LogP) is 1.42. The molecule has 0 aliphatic heterocycles. The minimum absolute atomic E-state index is 0.384. The second-order valence-corrected chi connectivity index (χ2v) is 2.86. The molecule has 0 aliphatic carbocycles. The maximum Gasteiger partial charge on any atom is 0.0642 e. The summed E-state index contributed by atoms with van der Waals surface area (Å²) in [6.07, 6.45) is 1.07. The molecule has 2 nitrogen and oxygen atoms in total. The molecule has 10 heavy (non-hydrogen) atoms. The van der Waals surface area contributed by atoms with Crippen molar-refractivity contribution in [1.82, 2.24) is 4.90 Å². The van der Waals surface area contributed by atoms with E-state index in [0.29, 0.717) is 12.1 Å². The molecule has 0 saturated heterocycles. The summed E-state index contributed by atoms with van der Waals surface area (Å²) in [5, 5.41) is 0. The first-order valence-corrected chi connectivity index (χ1v) is 3.75. The topological polar surface area (TPSA) is 15.6 Å². The van der Waals surface area contributed by atoms with Crippen molar-refractivity contribution >= 4 is 6.72 Å². The quantitative estimate of drug-likeness (QED) is 0.542. The standard InChI is InChI=1S/C8H18N2/c1-6-8(9-3)7(2)10(4)5/h7-8H,3,6H2,1-2,4-5H3. The van der Waals surface area contributed by atoms with Crippen LogP contribution in [0, 0.1) is 0 Å². The van der Waals surface area contributed by atoms with Gasteiger partial charge in [-0.05, 0) is 34.2 Å². The highest BCUT2D eigenvalue weighted by atomic mass is 15.1. The Kier molecular flexibility index (Phi) is 4.28. The average Bonchev–Trinajstić information content (AvgIpc) is 1.90. The third-order valence-electron chi connectivity index (χ3n) is 2.02. The highest BCUT2D eigenvalue weighted by molar-refractivity contribution is 5.24. The smallest absolute Gasteiger partial charge is 0.0642 e. The van der Waals surface area contributed by atoms with Gasteiger partial charge < -0.3 is 4.90 Å². The molecule has 0 aliphatic rings. The molecule has 0 aromatic heterocycles. The molecular formula is C8H18N2. The molecule has 0 bridgehead atoms. The average molecular weight is 142 g/mol. The van der Waals surface area contributed by atoms with Gasteiger partial charge in [0.05, 0.1) is 6.04 Å². The Bertz CT molecular complexity index is 99.4. The van der Waals surface area contributed by atoms with Gasteiger partial charge in [-0.15, -0.1) is 0 Å². The van der Waals surface area contributed by atoms with E-state index < -0.39 is 0 Å². The van der Waals surface area contributed by atoms with E-state index in [4.69, 9.17) is 0 Å². The zero-order valence-corrected chi connectivity index (χ0v) is 7.46. The minimum atomic E-state index is 0.384. The summed E-state index contributed by atoms with van der Waals surface area (Å²) >= 11 is 0. The molecule has 0 aromatic carbocycles. The summed E-state index contributed by atoms with van der Waals surface area (Å²) in [6.45, 7) is 7.87. The van der Waals surface area contributed by atoms with Crippen LogP contribution < -0.4 is 0 Å². The van der Waals surface area contributed by atoms with Gasteiger partial charge in [0, 0.05) is 6.04 Å². The van der Waals surface area contributed by atoms with Gasteiger partial charge in [0.15, 0.2) is 0 Å². The third-order valence-corrected chi connectivity index (χ3v) is 2.02. The molecule has 0 fully saturated rings. The molecule has 0 amide bonds. The van der Waals surface area contributed by atoms with Crippen molar-refractivity contribution in [3.8, 4) is 0 Å². The van der Waals surface area contributed by atoms with E-state index in [1.54, 1.807) is 0 Å². The zero-order valence-electron chi connectivity index (χ0n) is 7.46. The minimum Gasteiger partial charge on any atom is -0.305 e. The fourth-order valence-electron chi connectivity index (χ4n) is 0.967. The monoisotopic (exact) mass is 142 g/mol. The van der Waals surface area contributed by atoms with Gasteiger partial charge in [0.1, 0.15) is 0 Å². The number of nitrogens with zero attached hydrogens (tertiary/aromatic N) is 2. The predicted molar refractivity (Wildman–Crippen MR) is 46.8 cm³/mol. The van der Waals surface area contributed by atoms with Crippen molar-refractivity contribution in [1.29, 1.82) is 0 Å². The van der Waals surface area contributed by atoms with Gasteiger partial charge in [-0.25, -0.2) is 0 Å². The second kappa shape index (κ2) is 4.45.